The van der Waals surface area contributed by atoms with Crippen molar-refractivity contribution < 1.29 is 4.74 Å². The first-order valence-corrected chi connectivity index (χ1v) is 7.60. The number of nitrogens with zero attached hydrogens (tertiary/aromatic N) is 1. The van der Waals surface area contributed by atoms with Crippen LogP contribution in [-0.2, 0) is 12.8 Å². The molecule has 0 amide bonds. The Kier molecular flexibility index (Phi) is 4.13. The molecule has 0 saturated heterocycles. The van der Waals surface area contributed by atoms with Crippen LogP contribution in [0.5, 0.6) is 5.75 Å². The highest BCUT2D eigenvalue weighted by Crippen LogP contribution is 2.35. The highest BCUT2D eigenvalue weighted by molar-refractivity contribution is 6.30. The summed E-state index contributed by atoms with van der Waals surface area (Å²) in [5.41, 5.74) is 4.44. The van der Waals surface area contributed by atoms with E-state index in [1.165, 1.54) is 5.56 Å². The first-order chi connectivity index (χ1) is 10.2. The molecule has 21 heavy (non-hydrogen) atoms. The van der Waals surface area contributed by atoms with Crippen molar-refractivity contribution in [1.29, 1.82) is 0 Å². The molecule has 0 spiro atoms. The first-order valence-electron chi connectivity index (χ1n) is 7.22. The third-order valence-corrected chi connectivity index (χ3v) is 4.08. The van der Waals surface area contributed by atoms with Gasteiger partial charge in [0.05, 0.1) is 18.3 Å². The number of aromatic nitrogens is 1. The molecule has 0 fully saturated rings. The van der Waals surface area contributed by atoms with Crippen molar-refractivity contribution in [3.63, 3.8) is 0 Å². The minimum Gasteiger partial charge on any atom is -0.493 e. The van der Waals surface area contributed by atoms with Gasteiger partial charge in [-0.15, -0.1) is 0 Å². The number of benzene rings is 1. The Labute approximate surface area is 130 Å². The largest absolute Gasteiger partial charge is 0.493 e. The molecule has 4 heteroatoms. The van der Waals surface area contributed by atoms with Gasteiger partial charge in [0.2, 0.25) is 0 Å². The zero-order valence-corrected chi connectivity index (χ0v) is 13.1. The molecule has 0 radical (unpaired) electrons. The molecular weight excluding hydrogens is 284 g/mol. The van der Waals surface area contributed by atoms with E-state index in [9.17, 15) is 0 Å². The fourth-order valence-electron chi connectivity index (χ4n) is 2.83. The van der Waals surface area contributed by atoms with Crippen molar-refractivity contribution in [3.8, 4) is 5.75 Å². The lowest BCUT2D eigenvalue weighted by molar-refractivity contribution is 0.352. The Bertz CT molecular complexity index is 657. The van der Waals surface area contributed by atoms with E-state index < -0.39 is 0 Å². The lowest BCUT2D eigenvalue weighted by atomic mass is 9.99. The summed E-state index contributed by atoms with van der Waals surface area (Å²) >= 11 is 6.23. The lowest BCUT2D eigenvalue weighted by Crippen LogP contribution is -2.20. The van der Waals surface area contributed by atoms with Crippen LogP contribution < -0.4 is 10.1 Å². The van der Waals surface area contributed by atoms with Crippen LogP contribution in [0.25, 0.3) is 0 Å². The van der Waals surface area contributed by atoms with E-state index in [1.54, 1.807) is 0 Å². The number of likely N-dealkylation sites (N-methyl/N-ethyl adjacent to an activating group) is 1. The summed E-state index contributed by atoms with van der Waals surface area (Å²) in [5.74, 6) is 1.01. The van der Waals surface area contributed by atoms with Crippen molar-refractivity contribution in [2.24, 2.45) is 0 Å². The van der Waals surface area contributed by atoms with Crippen molar-refractivity contribution in [1.82, 2.24) is 10.3 Å². The molecule has 1 N–H and O–H groups in total. The number of hydrogen-bond donors (Lipinski definition) is 1. The average Bonchev–Trinajstić information content (AvgIpc) is 2.92. The molecule has 1 aliphatic heterocycles. The lowest BCUT2D eigenvalue weighted by Gasteiger charge is -2.18. The molecule has 0 bridgehead atoms. The van der Waals surface area contributed by atoms with E-state index in [1.807, 2.05) is 38.2 Å². The summed E-state index contributed by atoms with van der Waals surface area (Å²) in [5, 5.41) is 4.12. The Morgan fingerprint density at radius 2 is 2.24 bits per heavy atom. The second-order valence-electron chi connectivity index (χ2n) is 5.40. The van der Waals surface area contributed by atoms with Crippen molar-refractivity contribution in [2.75, 3.05) is 13.7 Å². The Morgan fingerprint density at radius 3 is 3.00 bits per heavy atom. The molecule has 2 aromatic rings. The number of halogens is 1. The normalized spacial score (nSPS) is 14.6. The molecule has 1 aliphatic rings. The van der Waals surface area contributed by atoms with Crippen molar-refractivity contribution in [2.45, 2.75) is 25.8 Å². The second-order valence-corrected chi connectivity index (χ2v) is 5.84. The number of aryl methyl sites for hydroxylation is 1. The number of hydrogen-bond acceptors (Lipinski definition) is 3. The predicted octanol–water partition coefficient (Wildman–Crippen LogP) is 3.48. The molecule has 1 aromatic heterocycles. The molecule has 3 nitrogen and oxygen atoms in total. The van der Waals surface area contributed by atoms with Crippen LogP contribution in [-0.4, -0.2) is 18.6 Å². The number of fused-ring (bicyclic) bond motifs is 1. The zero-order chi connectivity index (χ0) is 14.8. The maximum Gasteiger partial charge on any atom is 0.125 e. The highest BCUT2D eigenvalue weighted by Gasteiger charge is 2.21. The van der Waals surface area contributed by atoms with Gasteiger partial charge >= 0.3 is 0 Å². The van der Waals surface area contributed by atoms with Gasteiger partial charge < -0.3 is 10.1 Å². The average molecular weight is 303 g/mol. The van der Waals surface area contributed by atoms with Gasteiger partial charge in [-0.05, 0) is 55.8 Å². The van der Waals surface area contributed by atoms with E-state index >= 15 is 0 Å². The topological polar surface area (TPSA) is 34.1 Å². The summed E-state index contributed by atoms with van der Waals surface area (Å²) in [6.45, 7) is 2.76. The molecule has 0 aliphatic carbocycles. The van der Waals surface area contributed by atoms with Crippen LogP contribution in [0.3, 0.4) is 0 Å². The Morgan fingerprint density at radius 1 is 1.38 bits per heavy atom. The molecule has 2 heterocycles. The highest BCUT2D eigenvalue weighted by atomic mass is 35.5. The fraction of sp³-hybridized carbons (Fsp3) is 0.353. The minimum absolute atomic E-state index is 0.150. The smallest absolute Gasteiger partial charge is 0.125 e. The Balaban J connectivity index is 1.91. The maximum atomic E-state index is 6.23. The summed E-state index contributed by atoms with van der Waals surface area (Å²) in [6, 6.07) is 10.3. The number of ether oxygens (including phenoxy) is 1. The third kappa shape index (κ3) is 3.04. The first kappa shape index (κ1) is 14.4. The quantitative estimate of drug-likeness (QED) is 0.939. The number of rotatable bonds is 4. The maximum absolute atomic E-state index is 6.23. The van der Waals surface area contributed by atoms with Gasteiger partial charge in [0.1, 0.15) is 5.75 Å². The number of nitrogens with one attached hydrogen (secondary N) is 1. The van der Waals surface area contributed by atoms with Crippen LogP contribution in [0.15, 0.2) is 30.3 Å². The summed E-state index contributed by atoms with van der Waals surface area (Å²) in [6.07, 6.45) is 1.76. The molecule has 1 atom stereocenters. The van der Waals surface area contributed by atoms with Crippen LogP contribution in [0.2, 0.25) is 5.02 Å². The van der Waals surface area contributed by atoms with Crippen LogP contribution in [0.1, 0.15) is 28.6 Å². The monoisotopic (exact) mass is 302 g/mol. The standard InChI is InChI=1S/C17H19ClN2O/c1-11-4-3-5-15(20-11)16(19-2)10-13-9-14(18)8-12-6-7-21-17(12)13/h3-5,8-9,16,19H,6-7,10H2,1-2H3. The predicted molar refractivity (Wildman–Crippen MR) is 85.1 cm³/mol. The van der Waals surface area contributed by atoms with E-state index in [4.69, 9.17) is 16.3 Å². The van der Waals surface area contributed by atoms with Crippen LogP contribution in [0, 0.1) is 6.92 Å². The van der Waals surface area contributed by atoms with E-state index in [0.29, 0.717) is 0 Å². The van der Waals surface area contributed by atoms with Gasteiger partial charge in [0.25, 0.3) is 0 Å². The number of pyridine rings is 1. The van der Waals surface area contributed by atoms with Gasteiger partial charge in [-0.1, -0.05) is 17.7 Å². The molecule has 1 unspecified atom stereocenters. The van der Waals surface area contributed by atoms with Gasteiger partial charge in [-0.3, -0.25) is 4.98 Å². The van der Waals surface area contributed by atoms with Crippen LogP contribution in [0.4, 0.5) is 0 Å². The van der Waals surface area contributed by atoms with Crippen molar-refractivity contribution in [3.05, 3.63) is 57.9 Å². The summed E-state index contributed by atoms with van der Waals surface area (Å²) < 4.78 is 5.78. The molecular formula is C17H19ClN2O. The van der Waals surface area contributed by atoms with Crippen LogP contribution >= 0.6 is 11.6 Å². The van der Waals surface area contributed by atoms with Gasteiger partial charge in [-0.25, -0.2) is 0 Å². The summed E-state index contributed by atoms with van der Waals surface area (Å²) in [7, 11) is 1.96. The fourth-order valence-corrected chi connectivity index (χ4v) is 3.09. The second kappa shape index (κ2) is 6.04. The van der Waals surface area contributed by atoms with Crippen molar-refractivity contribution >= 4 is 11.6 Å². The zero-order valence-electron chi connectivity index (χ0n) is 12.3. The van der Waals surface area contributed by atoms with E-state index in [-0.39, 0.29) is 6.04 Å². The molecule has 3 rings (SSSR count). The SMILES string of the molecule is CNC(Cc1cc(Cl)cc2c1OCC2)c1cccc(C)n1. The van der Waals surface area contributed by atoms with E-state index in [0.717, 1.165) is 47.2 Å². The van der Waals surface area contributed by atoms with Gasteiger partial charge in [-0.2, -0.15) is 0 Å². The third-order valence-electron chi connectivity index (χ3n) is 3.86. The van der Waals surface area contributed by atoms with Gasteiger partial charge in [0, 0.05) is 17.1 Å². The minimum atomic E-state index is 0.150. The Hall–Kier alpha value is -1.58. The van der Waals surface area contributed by atoms with Gasteiger partial charge in [0.15, 0.2) is 0 Å². The van der Waals surface area contributed by atoms with E-state index in [2.05, 4.69) is 16.4 Å². The molecule has 1 aromatic carbocycles. The summed E-state index contributed by atoms with van der Waals surface area (Å²) in [4.78, 5) is 4.62. The molecule has 110 valence electrons. The molecule has 0 saturated carbocycles.